The number of benzene rings is 1. The van der Waals surface area contributed by atoms with E-state index in [9.17, 15) is 4.79 Å². The van der Waals surface area contributed by atoms with E-state index in [1.165, 1.54) is 56.2 Å². The molecule has 2 aliphatic carbocycles. The van der Waals surface area contributed by atoms with Crippen LogP contribution in [0.25, 0.3) is 0 Å². The number of halogens is 1. The molecule has 1 aliphatic heterocycles. The molecule has 4 rings (SSSR count). The van der Waals surface area contributed by atoms with Crippen LogP contribution < -0.4 is 4.90 Å². The summed E-state index contributed by atoms with van der Waals surface area (Å²) in [5, 5.41) is 0. The molecule has 3 aliphatic rings. The highest BCUT2D eigenvalue weighted by Crippen LogP contribution is 2.52. The maximum Gasteiger partial charge on any atom is 0.165 e. The van der Waals surface area contributed by atoms with Crippen molar-refractivity contribution in [1.29, 1.82) is 0 Å². The molecule has 1 aromatic rings. The Kier molecular flexibility index (Phi) is 10.8. The molecule has 4 heteroatoms. The zero-order chi connectivity index (χ0) is 26.3. The summed E-state index contributed by atoms with van der Waals surface area (Å²) in [5.74, 6) is 2.51. The van der Waals surface area contributed by atoms with Gasteiger partial charge in [-0.15, -0.1) is 11.6 Å². The minimum atomic E-state index is -0.203. The Morgan fingerprint density at radius 2 is 1.72 bits per heavy atom. The molecule has 0 radical (unpaired) electrons. The number of Topliss-reactive ketones (excluding diaryl/α,β-unsaturated/α-hetero) is 1. The zero-order valence-electron chi connectivity index (χ0n) is 24.0. The van der Waals surface area contributed by atoms with Gasteiger partial charge >= 0.3 is 0 Å². The number of nitrogens with zero attached hydrogens (tertiary/aromatic N) is 1. The molecule has 0 amide bonds. The van der Waals surface area contributed by atoms with Gasteiger partial charge in [0, 0.05) is 42.7 Å². The van der Waals surface area contributed by atoms with Gasteiger partial charge in [-0.3, -0.25) is 4.79 Å². The predicted molar refractivity (Wildman–Crippen MR) is 155 cm³/mol. The third-order valence-corrected chi connectivity index (χ3v) is 8.97. The van der Waals surface area contributed by atoms with E-state index in [0.717, 1.165) is 49.8 Å². The summed E-state index contributed by atoms with van der Waals surface area (Å²) >= 11 is 6.98. The molecule has 204 valence electrons. The standard InChI is InChI=1S/C27H42ClNO2.C5H10/c1-6-20-8-7-13-29(14-11-20)24-10-9-21(25(30)12-15-31-5)16-23(24)22-17-26(2,3)19-27(4,28)18-22;1-2-5-3-4-5/h9-10,16,20,22H,6-8,11-15,17-19H2,1-5H3;5H,2-4H2,1H3. The summed E-state index contributed by atoms with van der Waals surface area (Å²) in [6.07, 6.45) is 13.1. The van der Waals surface area contributed by atoms with Crippen LogP contribution in [0.15, 0.2) is 18.2 Å². The number of ether oxygens (including phenoxy) is 1. The van der Waals surface area contributed by atoms with Crippen LogP contribution in [0.5, 0.6) is 0 Å². The minimum Gasteiger partial charge on any atom is -0.384 e. The van der Waals surface area contributed by atoms with Crippen molar-refractivity contribution in [3.63, 3.8) is 0 Å². The second-order valence-electron chi connectivity index (χ2n) is 12.8. The van der Waals surface area contributed by atoms with E-state index in [-0.39, 0.29) is 16.1 Å². The summed E-state index contributed by atoms with van der Waals surface area (Å²) in [7, 11) is 1.65. The van der Waals surface area contributed by atoms with Crippen molar-refractivity contribution >= 4 is 23.1 Å². The molecule has 1 saturated heterocycles. The van der Waals surface area contributed by atoms with E-state index in [1.807, 2.05) is 6.07 Å². The van der Waals surface area contributed by atoms with E-state index in [4.69, 9.17) is 16.3 Å². The number of hydrogen-bond donors (Lipinski definition) is 0. The van der Waals surface area contributed by atoms with Gasteiger partial charge in [0.05, 0.1) is 6.61 Å². The molecule has 0 N–H and O–H groups in total. The monoisotopic (exact) mass is 517 g/mol. The number of ketones is 1. The smallest absolute Gasteiger partial charge is 0.165 e. The number of methoxy groups -OCH3 is 1. The first-order valence-electron chi connectivity index (χ1n) is 14.7. The van der Waals surface area contributed by atoms with E-state index in [2.05, 4.69) is 51.7 Å². The summed E-state index contributed by atoms with van der Waals surface area (Å²) in [4.78, 5) is 15.2. The second-order valence-corrected chi connectivity index (χ2v) is 13.8. The van der Waals surface area contributed by atoms with Crippen molar-refractivity contribution in [2.24, 2.45) is 17.3 Å². The van der Waals surface area contributed by atoms with Gasteiger partial charge in [0.1, 0.15) is 0 Å². The Morgan fingerprint density at radius 1 is 1.03 bits per heavy atom. The Balaban J connectivity index is 0.000000642. The predicted octanol–water partition coefficient (Wildman–Crippen LogP) is 9.02. The van der Waals surface area contributed by atoms with E-state index >= 15 is 0 Å². The van der Waals surface area contributed by atoms with Gasteiger partial charge in [0.25, 0.3) is 0 Å². The fourth-order valence-corrected chi connectivity index (χ4v) is 7.19. The number of carbonyl (C=O) groups is 1. The molecule has 3 fully saturated rings. The molecule has 3 atom stereocenters. The van der Waals surface area contributed by atoms with Gasteiger partial charge in [-0.2, -0.15) is 0 Å². The Morgan fingerprint density at radius 3 is 2.31 bits per heavy atom. The molecule has 0 aromatic heterocycles. The molecular formula is C32H52ClNO2. The third kappa shape index (κ3) is 8.76. The van der Waals surface area contributed by atoms with Crippen LogP contribution >= 0.6 is 11.6 Å². The van der Waals surface area contributed by atoms with Crippen molar-refractivity contribution in [3.05, 3.63) is 29.3 Å². The molecule has 2 saturated carbocycles. The van der Waals surface area contributed by atoms with Crippen LogP contribution in [0.4, 0.5) is 5.69 Å². The Hall–Kier alpha value is -1.06. The van der Waals surface area contributed by atoms with Crippen LogP contribution in [0.3, 0.4) is 0 Å². The van der Waals surface area contributed by atoms with Crippen molar-refractivity contribution in [2.45, 2.75) is 116 Å². The van der Waals surface area contributed by atoms with Crippen molar-refractivity contribution in [1.82, 2.24) is 0 Å². The molecule has 0 bridgehead atoms. The summed E-state index contributed by atoms with van der Waals surface area (Å²) in [5.41, 5.74) is 3.67. The normalized spacial score (nSPS) is 28.1. The largest absolute Gasteiger partial charge is 0.384 e. The summed E-state index contributed by atoms with van der Waals surface area (Å²) in [6, 6.07) is 6.44. The fourth-order valence-electron chi connectivity index (χ4n) is 6.64. The molecule has 1 aromatic carbocycles. The maximum absolute atomic E-state index is 12.8. The fraction of sp³-hybridized carbons (Fsp3) is 0.781. The lowest BCUT2D eigenvalue weighted by Crippen LogP contribution is -2.36. The van der Waals surface area contributed by atoms with Crippen LogP contribution in [-0.4, -0.2) is 37.5 Å². The lowest BCUT2D eigenvalue weighted by molar-refractivity contribution is 0.0932. The first-order valence-corrected chi connectivity index (χ1v) is 15.0. The van der Waals surface area contributed by atoms with Gasteiger partial charge in [-0.25, -0.2) is 0 Å². The lowest BCUT2D eigenvalue weighted by Gasteiger charge is -2.44. The SMILES string of the molecule is CCC1CC1.CCC1CCCN(c2ccc(C(=O)CCOC)cc2C2CC(C)(C)CC(C)(Cl)C2)CC1. The van der Waals surface area contributed by atoms with Crippen LogP contribution in [0, 0.1) is 17.3 Å². The molecule has 3 nitrogen and oxygen atoms in total. The van der Waals surface area contributed by atoms with Gasteiger partial charge < -0.3 is 9.64 Å². The van der Waals surface area contributed by atoms with E-state index < -0.39 is 0 Å². The second kappa shape index (κ2) is 13.1. The highest BCUT2D eigenvalue weighted by Gasteiger charge is 2.41. The van der Waals surface area contributed by atoms with Crippen LogP contribution in [0.2, 0.25) is 0 Å². The van der Waals surface area contributed by atoms with Crippen molar-refractivity contribution in [3.8, 4) is 0 Å². The molecule has 1 heterocycles. The van der Waals surface area contributed by atoms with E-state index in [1.54, 1.807) is 7.11 Å². The van der Waals surface area contributed by atoms with Crippen LogP contribution in [-0.2, 0) is 4.74 Å². The van der Waals surface area contributed by atoms with Gasteiger partial charge in [-0.1, -0.05) is 53.4 Å². The number of rotatable bonds is 8. The van der Waals surface area contributed by atoms with Crippen molar-refractivity contribution < 1.29 is 9.53 Å². The summed E-state index contributed by atoms with van der Waals surface area (Å²) in [6.45, 7) is 14.1. The lowest BCUT2D eigenvalue weighted by atomic mass is 9.65. The third-order valence-electron chi connectivity index (χ3n) is 8.68. The van der Waals surface area contributed by atoms with Gasteiger partial charge in [0.15, 0.2) is 5.78 Å². The average Bonchev–Trinajstić information content (AvgIpc) is 3.67. The topological polar surface area (TPSA) is 29.5 Å². The number of hydrogen-bond acceptors (Lipinski definition) is 3. The number of anilines is 1. The first kappa shape index (κ1) is 29.5. The quantitative estimate of drug-likeness (QED) is 0.254. The Labute approximate surface area is 226 Å². The average molecular weight is 518 g/mol. The van der Waals surface area contributed by atoms with Crippen LogP contribution in [0.1, 0.15) is 127 Å². The maximum atomic E-state index is 12.8. The van der Waals surface area contributed by atoms with Gasteiger partial charge in [-0.05, 0) is 92.4 Å². The number of alkyl halides is 1. The van der Waals surface area contributed by atoms with Crippen molar-refractivity contribution in [2.75, 3.05) is 31.7 Å². The molecule has 0 spiro atoms. The highest BCUT2D eigenvalue weighted by molar-refractivity contribution is 6.23. The van der Waals surface area contributed by atoms with E-state index in [0.29, 0.717) is 18.9 Å². The molecule has 3 unspecified atom stereocenters. The summed E-state index contributed by atoms with van der Waals surface area (Å²) < 4.78 is 5.14. The first-order chi connectivity index (χ1) is 17.1. The zero-order valence-corrected chi connectivity index (χ0v) is 24.8. The van der Waals surface area contributed by atoms with Gasteiger partial charge in [0.2, 0.25) is 0 Å². The molecule has 36 heavy (non-hydrogen) atoms. The molecular weight excluding hydrogens is 466 g/mol. The number of carbonyl (C=O) groups excluding carboxylic acids is 1. The Bertz CT molecular complexity index is 829. The minimum absolute atomic E-state index is 0.167. The highest BCUT2D eigenvalue weighted by atomic mass is 35.5.